The molecular weight excluding hydrogens is 186 g/mol. The summed E-state index contributed by atoms with van der Waals surface area (Å²) >= 11 is 0. The fourth-order valence-electron chi connectivity index (χ4n) is 3.24. The Kier molecular flexibility index (Phi) is 3.68. The summed E-state index contributed by atoms with van der Waals surface area (Å²) in [6.45, 7) is 3.37. The molecule has 2 aliphatic rings. The molecule has 15 heavy (non-hydrogen) atoms. The van der Waals surface area contributed by atoms with E-state index in [-0.39, 0.29) is 5.60 Å². The van der Waals surface area contributed by atoms with Gasteiger partial charge in [0.2, 0.25) is 0 Å². The predicted octanol–water partition coefficient (Wildman–Crippen LogP) is 2.46. The van der Waals surface area contributed by atoms with Gasteiger partial charge in [0.1, 0.15) is 0 Å². The van der Waals surface area contributed by atoms with E-state index in [0.29, 0.717) is 6.04 Å². The molecule has 2 N–H and O–H groups in total. The van der Waals surface area contributed by atoms with Gasteiger partial charge in [-0.15, -0.1) is 0 Å². The first-order valence-electron chi connectivity index (χ1n) is 6.70. The van der Waals surface area contributed by atoms with Crippen molar-refractivity contribution in [2.24, 2.45) is 5.92 Å². The van der Waals surface area contributed by atoms with Gasteiger partial charge in [0.25, 0.3) is 0 Å². The van der Waals surface area contributed by atoms with Crippen molar-refractivity contribution in [2.75, 3.05) is 6.54 Å². The van der Waals surface area contributed by atoms with E-state index in [2.05, 4.69) is 12.2 Å². The Bertz CT molecular complexity index is 191. The monoisotopic (exact) mass is 211 g/mol. The van der Waals surface area contributed by atoms with Gasteiger partial charge in [0.15, 0.2) is 0 Å². The molecular formula is C13H25NO. The Morgan fingerprint density at radius 2 is 1.93 bits per heavy atom. The van der Waals surface area contributed by atoms with E-state index in [1.54, 1.807) is 0 Å². The molecule has 0 aromatic heterocycles. The summed E-state index contributed by atoms with van der Waals surface area (Å²) in [5, 5.41) is 14.2. The van der Waals surface area contributed by atoms with E-state index in [1.165, 1.54) is 38.5 Å². The van der Waals surface area contributed by atoms with Crippen molar-refractivity contribution in [3.8, 4) is 0 Å². The quantitative estimate of drug-likeness (QED) is 0.735. The predicted molar refractivity (Wildman–Crippen MR) is 62.8 cm³/mol. The number of rotatable bonds is 2. The molecule has 2 rings (SSSR count). The van der Waals surface area contributed by atoms with Gasteiger partial charge in [-0.25, -0.2) is 0 Å². The summed E-state index contributed by atoms with van der Waals surface area (Å²) in [5.41, 5.74) is -0.383. The minimum absolute atomic E-state index is 0.379. The normalized spacial score (nSPS) is 42.8. The Morgan fingerprint density at radius 3 is 2.47 bits per heavy atom. The maximum Gasteiger partial charge on any atom is 0.0800 e. The average Bonchev–Trinajstić information content (AvgIpc) is 2.31. The van der Waals surface area contributed by atoms with Gasteiger partial charge >= 0.3 is 0 Å². The van der Waals surface area contributed by atoms with Crippen molar-refractivity contribution in [2.45, 2.75) is 69.9 Å². The highest BCUT2D eigenvalue weighted by Gasteiger charge is 2.39. The van der Waals surface area contributed by atoms with Gasteiger partial charge in [-0.05, 0) is 51.0 Å². The summed E-state index contributed by atoms with van der Waals surface area (Å²) in [5.74, 6) is 0.869. The molecule has 2 heteroatoms. The van der Waals surface area contributed by atoms with Crippen LogP contribution < -0.4 is 5.32 Å². The van der Waals surface area contributed by atoms with E-state index in [4.69, 9.17) is 0 Å². The zero-order valence-electron chi connectivity index (χ0n) is 9.97. The third-order valence-corrected chi connectivity index (χ3v) is 4.51. The first-order valence-corrected chi connectivity index (χ1v) is 6.70. The number of aliphatic hydroxyl groups is 1. The molecule has 0 aromatic carbocycles. The summed E-state index contributed by atoms with van der Waals surface area (Å²) in [4.78, 5) is 0. The van der Waals surface area contributed by atoms with Crippen molar-refractivity contribution >= 4 is 0 Å². The highest BCUT2D eigenvalue weighted by molar-refractivity contribution is 4.96. The molecule has 0 amide bonds. The van der Waals surface area contributed by atoms with Crippen LogP contribution in [0.1, 0.15) is 58.3 Å². The Hall–Kier alpha value is -0.0800. The van der Waals surface area contributed by atoms with Crippen molar-refractivity contribution in [1.29, 1.82) is 0 Å². The minimum atomic E-state index is -0.383. The van der Waals surface area contributed by atoms with Gasteiger partial charge < -0.3 is 10.4 Å². The Labute approximate surface area is 93.5 Å². The Balaban J connectivity index is 1.89. The maximum atomic E-state index is 10.6. The van der Waals surface area contributed by atoms with Crippen molar-refractivity contribution < 1.29 is 5.11 Å². The molecule has 2 fully saturated rings. The molecule has 0 bridgehead atoms. The van der Waals surface area contributed by atoms with Gasteiger partial charge in [0.05, 0.1) is 5.60 Å². The number of hydrogen-bond acceptors (Lipinski definition) is 2. The zero-order chi connectivity index (χ0) is 10.7. The summed E-state index contributed by atoms with van der Waals surface area (Å²) in [6.07, 6.45) is 9.52. The third-order valence-electron chi connectivity index (χ3n) is 4.51. The molecule has 1 aliphatic heterocycles. The van der Waals surface area contributed by atoms with Crippen LogP contribution in [-0.2, 0) is 0 Å². The van der Waals surface area contributed by atoms with Crippen LogP contribution in [0.4, 0.5) is 0 Å². The van der Waals surface area contributed by atoms with Crippen LogP contribution in [0.25, 0.3) is 0 Å². The molecule has 1 heterocycles. The van der Waals surface area contributed by atoms with Crippen LogP contribution in [0, 0.1) is 5.92 Å². The van der Waals surface area contributed by atoms with Gasteiger partial charge in [-0.2, -0.15) is 0 Å². The van der Waals surface area contributed by atoms with Crippen LogP contribution in [0.2, 0.25) is 0 Å². The second kappa shape index (κ2) is 4.84. The third kappa shape index (κ3) is 2.54. The lowest BCUT2D eigenvalue weighted by molar-refractivity contribution is -0.0480. The number of piperidine rings is 1. The van der Waals surface area contributed by atoms with E-state index in [0.717, 1.165) is 25.3 Å². The standard InChI is InChI=1S/C13H25NO/c1-2-11-6-8-13(15,9-7-11)12-5-3-4-10-14-12/h11-12,14-15H,2-10H2,1H3. The highest BCUT2D eigenvalue weighted by Crippen LogP contribution is 2.37. The van der Waals surface area contributed by atoms with E-state index in [1.807, 2.05) is 0 Å². The molecule has 1 saturated heterocycles. The fourth-order valence-corrected chi connectivity index (χ4v) is 3.24. The largest absolute Gasteiger partial charge is 0.388 e. The van der Waals surface area contributed by atoms with Crippen LogP contribution >= 0.6 is 0 Å². The number of nitrogens with one attached hydrogen (secondary N) is 1. The molecule has 1 saturated carbocycles. The summed E-state index contributed by atoms with van der Waals surface area (Å²) in [7, 11) is 0. The summed E-state index contributed by atoms with van der Waals surface area (Å²) < 4.78 is 0. The minimum Gasteiger partial charge on any atom is -0.388 e. The molecule has 88 valence electrons. The van der Waals surface area contributed by atoms with Gasteiger partial charge in [0, 0.05) is 6.04 Å². The first-order chi connectivity index (χ1) is 7.24. The maximum absolute atomic E-state index is 10.6. The lowest BCUT2D eigenvalue weighted by atomic mass is 9.72. The summed E-state index contributed by atoms with van der Waals surface area (Å²) in [6, 6.07) is 0.379. The number of hydrogen-bond donors (Lipinski definition) is 2. The zero-order valence-corrected chi connectivity index (χ0v) is 9.97. The molecule has 1 aliphatic carbocycles. The molecule has 0 aromatic rings. The molecule has 1 unspecified atom stereocenters. The van der Waals surface area contributed by atoms with Gasteiger partial charge in [-0.3, -0.25) is 0 Å². The molecule has 2 nitrogen and oxygen atoms in total. The van der Waals surface area contributed by atoms with Gasteiger partial charge in [-0.1, -0.05) is 19.8 Å². The first kappa shape index (κ1) is 11.4. The van der Waals surface area contributed by atoms with Crippen LogP contribution in [0.15, 0.2) is 0 Å². The van der Waals surface area contributed by atoms with Crippen molar-refractivity contribution in [3.05, 3.63) is 0 Å². The fraction of sp³-hybridized carbons (Fsp3) is 1.00. The SMILES string of the molecule is CCC1CCC(O)(C2CCCCN2)CC1. The van der Waals surface area contributed by atoms with Crippen LogP contribution in [-0.4, -0.2) is 23.3 Å². The average molecular weight is 211 g/mol. The van der Waals surface area contributed by atoms with E-state index in [9.17, 15) is 5.11 Å². The van der Waals surface area contributed by atoms with Crippen LogP contribution in [0.3, 0.4) is 0 Å². The second-order valence-electron chi connectivity index (χ2n) is 5.46. The van der Waals surface area contributed by atoms with E-state index < -0.39 is 0 Å². The highest BCUT2D eigenvalue weighted by atomic mass is 16.3. The van der Waals surface area contributed by atoms with E-state index >= 15 is 0 Å². The van der Waals surface area contributed by atoms with Crippen LogP contribution in [0.5, 0.6) is 0 Å². The smallest absolute Gasteiger partial charge is 0.0800 e. The topological polar surface area (TPSA) is 32.3 Å². The Morgan fingerprint density at radius 1 is 1.20 bits per heavy atom. The lowest BCUT2D eigenvalue weighted by Gasteiger charge is -2.43. The molecule has 0 radical (unpaired) electrons. The molecule has 1 atom stereocenters. The van der Waals surface area contributed by atoms with Crippen molar-refractivity contribution in [1.82, 2.24) is 5.32 Å². The molecule has 0 spiro atoms. The second-order valence-corrected chi connectivity index (χ2v) is 5.46. The van der Waals surface area contributed by atoms with Crippen molar-refractivity contribution in [3.63, 3.8) is 0 Å². The lowest BCUT2D eigenvalue weighted by Crippen LogP contribution is -2.54.